The molecular weight excluding hydrogens is 318 g/mol. The second-order valence-corrected chi connectivity index (χ2v) is 6.18. The van der Waals surface area contributed by atoms with Crippen LogP contribution in [0.5, 0.6) is 0 Å². The van der Waals surface area contributed by atoms with Gasteiger partial charge in [0.1, 0.15) is 18.7 Å². The quantitative estimate of drug-likeness (QED) is 0.501. The topological polar surface area (TPSA) is 137 Å². The van der Waals surface area contributed by atoms with Gasteiger partial charge in [-0.15, -0.1) is 0 Å². The molecule has 130 valence electrons. The number of aromatic nitrogens is 4. The van der Waals surface area contributed by atoms with Gasteiger partial charge in [-0.05, 0) is 0 Å². The zero-order valence-electron chi connectivity index (χ0n) is 12.8. The molecular formula is C14H19N5O5. The van der Waals surface area contributed by atoms with Gasteiger partial charge in [-0.1, -0.05) is 0 Å². The van der Waals surface area contributed by atoms with Crippen LogP contribution in [0.1, 0.15) is 12.6 Å². The van der Waals surface area contributed by atoms with E-state index in [-0.39, 0.29) is 19.7 Å². The number of rotatable bonds is 3. The number of fused-ring (bicyclic) bond motifs is 1. The third kappa shape index (κ3) is 2.43. The van der Waals surface area contributed by atoms with Gasteiger partial charge in [-0.25, -0.2) is 15.0 Å². The van der Waals surface area contributed by atoms with Crippen LogP contribution in [0, 0.1) is 0 Å². The average molecular weight is 337 g/mol. The number of ether oxygens (including phenoxy) is 1. The Morgan fingerprint density at radius 3 is 2.50 bits per heavy atom. The van der Waals surface area contributed by atoms with Gasteiger partial charge in [0.05, 0.1) is 31.2 Å². The normalized spacial score (nSPS) is 33.7. The molecule has 2 aromatic heterocycles. The number of nitrogens with zero attached hydrogens (tertiary/aromatic N) is 5. The Bertz CT molecular complexity index is 729. The van der Waals surface area contributed by atoms with E-state index in [1.54, 1.807) is 15.8 Å². The van der Waals surface area contributed by atoms with Crippen molar-refractivity contribution in [2.24, 2.45) is 0 Å². The van der Waals surface area contributed by atoms with Crippen LogP contribution in [0.25, 0.3) is 11.2 Å². The van der Waals surface area contributed by atoms with E-state index in [0.29, 0.717) is 23.4 Å². The highest BCUT2D eigenvalue weighted by Crippen LogP contribution is 2.32. The molecule has 5 atom stereocenters. The van der Waals surface area contributed by atoms with Crippen LogP contribution in [0.3, 0.4) is 0 Å². The summed E-state index contributed by atoms with van der Waals surface area (Å²) in [5.74, 6) is 0.534. The van der Waals surface area contributed by atoms with Crippen LogP contribution in [0.4, 0.5) is 5.82 Å². The molecule has 0 aromatic carbocycles. The van der Waals surface area contributed by atoms with Crippen LogP contribution in [0.15, 0.2) is 12.7 Å². The SMILES string of the molecule is OC[C@H]1O[C@@H](n2cnc3c(N4C[C@@H](O)[C@H](O)C4)ncnc32)C[C@H]1O. The maximum Gasteiger partial charge on any atom is 0.167 e. The summed E-state index contributed by atoms with van der Waals surface area (Å²) < 4.78 is 7.34. The summed E-state index contributed by atoms with van der Waals surface area (Å²) in [7, 11) is 0. The lowest BCUT2D eigenvalue weighted by Crippen LogP contribution is -2.24. The third-order valence-electron chi connectivity index (χ3n) is 4.59. The smallest absolute Gasteiger partial charge is 0.167 e. The van der Waals surface area contributed by atoms with E-state index in [4.69, 9.17) is 4.74 Å². The van der Waals surface area contributed by atoms with E-state index < -0.39 is 30.6 Å². The minimum absolute atomic E-state index is 0.256. The number of hydrogen-bond acceptors (Lipinski definition) is 9. The predicted molar refractivity (Wildman–Crippen MR) is 81.2 cm³/mol. The molecule has 10 heteroatoms. The first-order valence-corrected chi connectivity index (χ1v) is 7.81. The summed E-state index contributed by atoms with van der Waals surface area (Å²) in [6, 6.07) is 0. The molecule has 4 heterocycles. The maximum atomic E-state index is 9.90. The number of anilines is 1. The number of imidazole rings is 1. The van der Waals surface area contributed by atoms with Crippen molar-refractivity contribution in [2.45, 2.75) is 37.1 Å². The fourth-order valence-corrected chi connectivity index (χ4v) is 3.27. The van der Waals surface area contributed by atoms with E-state index >= 15 is 0 Å². The molecule has 0 radical (unpaired) electrons. The van der Waals surface area contributed by atoms with Gasteiger partial charge >= 0.3 is 0 Å². The van der Waals surface area contributed by atoms with Crippen LogP contribution in [0.2, 0.25) is 0 Å². The fourth-order valence-electron chi connectivity index (χ4n) is 3.27. The molecule has 4 N–H and O–H groups in total. The summed E-state index contributed by atoms with van der Waals surface area (Å²) >= 11 is 0. The highest BCUT2D eigenvalue weighted by Gasteiger charge is 2.36. The fraction of sp³-hybridized carbons (Fsp3) is 0.643. The third-order valence-corrected chi connectivity index (χ3v) is 4.59. The van der Waals surface area contributed by atoms with Crippen molar-refractivity contribution in [3.63, 3.8) is 0 Å². The second kappa shape index (κ2) is 5.90. The molecule has 24 heavy (non-hydrogen) atoms. The minimum Gasteiger partial charge on any atom is -0.394 e. The number of hydrogen-bond donors (Lipinski definition) is 4. The summed E-state index contributed by atoms with van der Waals surface area (Å²) in [5.41, 5.74) is 1.07. The van der Waals surface area contributed by atoms with Crippen LogP contribution >= 0.6 is 0 Å². The Labute approximate surface area is 137 Å². The van der Waals surface area contributed by atoms with Gasteiger partial charge in [-0.3, -0.25) is 4.57 Å². The lowest BCUT2D eigenvalue weighted by molar-refractivity contribution is -0.0432. The molecule has 2 fully saturated rings. The molecule has 4 rings (SSSR count). The lowest BCUT2D eigenvalue weighted by atomic mass is 10.2. The van der Waals surface area contributed by atoms with Gasteiger partial charge in [-0.2, -0.15) is 0 Å². The minimum atomic E-state index is -0.823. The van der Waals surface area contributed by atoms with E-state index in [2.05, 4.69) is 15.0 Å². The second-order valence-electron chi connectivity index (χ2n) is 6.18. The van der Waals surface area contributed by atoms with Gasteiger partial charge in [0.25, 0.3) is 0 Å². The molecule has 2 saturated heterocycles. The average Bonchev–Trinajstić information content (AvgIpc) is 3.24. The first-order chi connectivity index (χ1) is 11.6. The van der Waals surface area contributed by atoms with Crippen molar-refractivity contribution < 1.29 is 25.2 Å². The van der Waals surface area contributed by atoms with E-state index in [1.165, 1.54) is 6.33 Å². The number of aliphatic hydroxyl groups is 4. The molecule has 2 aromatic rings. The predicted octanol–water partition coefficient (Wildman–Crippen LogP) is -1.99. The molecule has 0 spiro atoms. The van der Waals surface area contributed by atoms with Crippen molar-refractivity contribution in [3.8, 4) is 0 Å². The zero-order valence-corrected chi connectivity index (χ0v) is 12.8. The summed E-state index contributed by atoms with van der Waals surface area (Å²) in [6.07, 6.45) is -0.214. The van der Waals surface area contributed by atoms with Gasteiger partial charge < -0.3 is 30.1 Å². The zero-order chi connectivity index (χ0) is 16.8. The molecule has 0 amide bonds. The highest BCUT2D eigenvalue weighted by molar-refractivity contribution is 5.83. The molecule has 2 aliphatic heterocycles. The number of aliphatic hydroxyl groups excluding tert-OH is 4. The van der Waals surface area contributed by atoms with Gasteiger partial charge in [0.2, 0.25) is 0 Å². The Morgan fingerprint density at radius 2 is 1.83 bits per heavy atom. The summed E-state index contributed by atoms with van der Waals surface area (Å²) in [5, 5.41) is 38.6. The first-order valence-electron chi connectivity index (χ1n) is 7.81. The van der Waals surface area contributed by atoms with Gasteiger partial charge in [0, 0.05) is 19.5 Å². The van der Waals surface area contributed by atoms with Crippen molar-refractivity contribution in [2.75, 3.05) is 24.6 Å². The van der Waals surface area contributed by atoms with Crippen molar-refractivity contribution in [1.82, 2.24) is 19.5 Å². The lowest BCUT2D eigenvalue weighted by Gasteiger charge is -2.17. The highest BCUT2D eigenvalue weighted by atomic mass is 16.5. The standard InChI is InChI=1S/C14H19N5O5/c20-4-10-7(21)1-11(24-10)19-6-17-12-13(15-5-16-14(12)19)18-2-8(22)9(23)3-18/h5-11,20-23H,1-4H2/t7-,8-,9-,10-,11-/m1/s1. The number of β-amino-alcohol motifs (C(OH)–C–C–N with tert-alkyl or cyclic N) is 2. The maximum absolute atomic E-state index is 9.90. The molecule has 0 unspecified atom stereocenters. The van der Waals surface area contributed by atoms with Crippen molar-refractivity contribution >= 4 is 17.0 Å². The van der Waals surface area contributed by atoms with Gasteiger partial charge in [0.15, 0.2) is 17.0 Å². The molecule has 2 aliphatic rings. The van der Waals surface area contributed by atoms with Crippen LogP contribution < -0.4 is 4.90 Å². The monoisotopic (exact) mass is 337 g/mol. The molecule has 0 aliphatic carbocycles. The Balaban J connectivity index is 1.67. The summed E-state index contributed by atoms with van der Waals surface area (Å²) in [4.78, 5) is 14.6. The van der Waals surface area contributed by atoms with Crippen molar-refractivity contribution in [3.05, 3.63) is 12.7 Å². The molecule has 0 saturated carbocycles. The first kappa shape index (κ1) is 15.7. The van der Waals surface area contributed by atoms with E-state index in [1.807, 2.05) is 0 Å². The summed E-state index contributed by atoms with van der Waals surface area (Å²) in [6.45, 7) is 0.283. The van der Waals surface area contributed by atoms with E-state index in [9.17, 15) is 20.4 Å². The largest absolute Gasteiger partial charge is 0.394 e. The van der Waals surface area contributed by atoms with Crippen LogP contribution in [-0.2, 0) is 4.74 Å². The Kier molecular flexibility index (Phi) is 3.85. The van der Waals surface area contributed by atoms with Crippen molar-refractivity contribution in [1.29, 1.82) is 0 Å². The Morgan fingerprint density at radius 1 is 1.08 bits per heavy atom. The molecule has 10 nitrogen and oxygen atoms in total. The molecule has 0 bridgehead atoms. The van der Waals surface area contributed by atoms with Crippen LogP contribution in [-0.4, -0.2) is 84.1 Å². The Hall–Kier alpha value is -1.85. The van der Waals surface area contributed by atoms with E-state index in [0.717, 1.165) is 0 Å².